The molecule has 0 saturated carbocycles. The number of carbonyl (C=O) groups is 1. The number of nitrogens with one attached hydrogen (secondary N) is 1. The second-order valence-corrected chi connectivity index (χ2v) is 4.98. The third-order valence-corrected chi connectivity index (χ3v) is 3.26. The molecule has 0 heterocycles. The van der Waals surface area contributed by atoms with Gasteiger partial charge >= 0.3 is 0 Å². The molecule has 0 radical (unpaired) electrons. The Morgan fingerprint density at radius 2 is 1.83 bits per heavy atom. The minimum atomic E-state index is -0.280. The van der Waals surface area contributed by atoms with Gasteiger partial charge in [0.15, 0.2) is 0 Å². The molecule has 5 heteroatoms. The van der Waals surface area contributed by atoms with E-state index in [-0.39, 0.29) is 11.6 Å². The van der Waals surface area contributed by atoms with Crippen molar-refractivity contribution in [3.63, 3.8) is 0 Å². The van der Waals surface area contributed by atoms with Gasteiger partial charge in [-0.15, -0.1) is 0 Å². The first-order valence-corrected chi connectivity index (χ1v) is 6.36. The van der Waals surface area contributed by atoms with Gasteiger partial charge in [-0.05, 0) is 36.4 Å². The van der Waals surface area contributed by atoms with Gasteiger partial charge in [-0.3, -0.25) is 4.79 Å². The Morgan fingerprint density at radius 1 is 1.17 bits per heavy atom. The molecular formula is C13H10BrClN2O. The molecule has 0 atom stereocenters. The van der Waals surface area contributed by atoms with E-state index in [0.29, 0.717) is 16.3 Å². The van der Waals surface area contributed by atoms with Gasteiger partial charge in [-0.1, -0.05) is 33.6 Å². The first-order chi connectivity index (χ1) is 8.58. The zero-order valence-corrected chi connectivity index (χ0v) is 11.6. The van der Waals surface area contributed by atoms with Gasteiger partial charge in [-0.2, -0.15) is 0 Å². The lowest BCUT2D eigenvalue weighted by molar-refractivity contribution is 0.102. The van der Waals surface area contributed by atoms with E-state index in [1.165, 1.54) is 0 Å². The fraction of sp³-hybridized carbons (Fsp3) is 0. The van der Waals surface area contributed by atoms with Crippen LogP contribution in [0.2, 0.25) is 5.02 Å². The quantitative estimate of drug-likeness (QED) is 0.822. The maximum Gasteiger partial charge on any atom is 0.257 e. The molecule has 0 bridgehead atoms. The second kappa shape index (κ2) is 5.42. The smallest absolute Gasteiger partial charge is 0.257 e. The molecule has 92 valence electrons. The highest BCUT2D eigenvalue weighted by Crippen LogP contribution is 2.23. The molecule has 0 fully saturated rings. The molecular weight excluding hydrogens is 316 g/mol. The van der Waals surface area contributed by atoms with E-state index in [1.54, 1.807) is 30.3 Å². The van der Waals surface area contributed by atoms with Crippen LogP contribution < -0.4 is 11.1 Å². The van der Waals surface area contributed by atoms with Crippen LogP contribution in [0.1, 0.15) is 10.4 Å². The van der Waals surface area contributed by atoms with Crippen molar-refractivity contribution >= 4 is 44.8 Å². The molecule has 2 aromatic rings. The first-order valence-electron chi connectivity index (χ1n) is 5.19. The lowest BCUT2D eigenvalue weighted by Crippen LogP contribution is -2.14. The number of nitrogens with two attached hydrogens (primary N) is 1. The first kappa shape index (κ1) is 12.9. The number of benzene rings is 2. The summed E-state index contributed by atoms with van der Waals surface area (Å²) in [6, 6.07) is 12.2. The van der Waals surface area contributed by atoms with Crippen LogP contribution in [-0.2, 0) is 0 Å². The number of hydrogen-bond donors (Lipinski definition) is 2. The molecule has 2 rings (SSSR count). The van der Waals surface area contributed by atoms with Crippen molar-refractivity contribution in [2.45, 2.75) is 0 Å². The molecule has 18 heavy (non-hydrogen) atoms. The molecule has 0 aliphatic rings. The summed E-state index contributed by atoms with van der Waals surface area (Å²) in [6.07, 6.45) is 0. The average molecular weight is 326 g/mol. The van der Waals surface area contributed by atoms with E-state index in [4.69, 9.17) is 17.3 Å². The molecule has 3 nitrogen and oxygen atoms in total. The Hall–Kier alpha value is -1.52. The van der Waals surface area contributed by atoms with Crippen molar-refractivity contribution in [1.82, 2.24) is 0 Å². The Labute approximate surface area is 118 Å². The van der Waals surface area contributed by atoms with E-state index in [9.17, 15) is 4.79 Å². The van der Waals surface area contributed by atoms with E-state index in [2.05, 4.69) is 21.2 Å². The molecule has 0 saturated heterocycles. The van der Waals surface area contributed by atoms with Crippen molar-refractivity contribution in [3.8, 4) is 0 Å². The molecule has 0 spiro atoms. The number of rotatable bonds is 2. The number of amides is 1. The van der Waals surface area contributed by atoms with Crippen LogP contribution in [-0.4, -0.2) is 5.91 Å². The van der Waals surface area contributed by atoms with Crippen molar-refractivity contribution in [3.05, 3.63) is 57.5 Å². The van der Waals surface area contributed by atoms with Gasteiger partial charge in [0, 0.05) is 10.2 Å². The van der Waals surface area contributed by atoms with Gasteiger partial charge in [-0.25, -0.2) is 0 Å². The number of halogens is 2. The van der Waals surface area contributed by atoms with Crippen molar-refractivity contribution in [1.29, 1.82) is 0 Å². The predicted molar refractivity (Wildman–Crippen MR) is 78.0 cm³/mol. The van der Waals surface area contributed by atoms with Crippen LogP contribution in [0.4, 0.5) is 11.4 Å². The van der Waals surface area contributed by atoms with Gasteiger partial charge in [0.25, 0.3) is 5.91 Å². The molecule has 1 amide bonds. The molecule has 3 N–H and O–H groups in total. The monoisotopic (exact) mass is 324 g/mol. The van der Waals surface area contributed by atoms with Crippen LogP contribution >= 0.6 is 27.5 Å². The lowest BCUT2D eigenvalue weighted by Gasteiger charge is -2.08. The Kier molecular flexibility index (Phi) is 3.89. The lowest BCUT2D eigenvalue weighted by atomic mass is 10.1. The zero-order chi connectivity index (χ0) is 13.1. The van der Waals surface area contributed by atoms with E-state index >= 15 is 0 Å². The Morgan fingerprint density at radius 3 is 2.50 bits per heavy atom. The van der Waals surface area contributed by atoms with Crippen LogP contribution in [0, 0.1) is 0 Å². The minimum Gasteiger partial charge on any atom is -0.397 e. The summed E-state index contributed by atoms with van der Waals surface area (Å²) < 4.78 is 0.947. The number of carbonyl (C=O) groups excluding carboxylic acids is 1. The van der Waals surface area contributed by atoms with E-state index in [0.717, 1.165) is 4.47 Å². The molecule has 2 aromatic carbocycles. The van der Waals surface area contributed by atoms with Crippen LogP contribution in [0.15, 0.2) is 46.9 Å². The van der Waals surface area contributed by atoms with Crippen molar-refractivity contribution < 1.29 is 4.79 Å². The normalized spacial score (nSPS) is 10.1. The summed E-state index contributed by atoms with van der Waals surface area (Å²) in [5.74, 6) is -0.280. The van der Waals surface area contributed by atoms with Crippen molar-refractivity contribution in [2.75, 3.05) is 11.1 Å². The Bertz CT molecular complexity index is 584. The summed E-state index contributed by atoms with van der Waals surface area (Å²) in [5.41, 5.74) is 7.11. The second-order valence-electron chi connectivity index (χ2n) is 3.66. The maximum atomic E-state index is 12.0. The SMILES string of the molecule is Nc1c(Cl)cccc1C(=O)Nc1ccc(Br)cc1. The third kappa shape index (κ3) is 2.83. The number of anilines is 2. The van der Waals surface area contributed by atoms with Crippen LogP contribution in [0.25, 0.3) is 0 Å². The summed E-state index contributed by atoms with van der Waals surface area (Å²) in [6.45, 7) is 0. The largest absolute Gasteiger partial charge is 0.397 e. The van der Waals surface area contributed by atoms with Gasteiger partial charge in [0.1, 0.15) is 0 Å². The number of hydrogen-bond acceptors (Lipinski definition) is 2. The molecule has 0 aliphatic carbocycles. The predicted octanol–water partition coefficient (Wildman–Crippen LogP) is 3.94. The highest BCUT2D eigenvalue weighted by Gasteiger charge is 2.11. The molecule has 0 aromatic heterocycles. The number of para-hydroxylation sites is 1. The van der Waals surface area contributed by atoms with E-state index < -0.39 is 0 Å². The summed E-state index contributed by atoms with van der Waals surface area (Å²) in [5, 5.41) is 3.13. The zero-order valence-electron chi connectivity index (χ0n) is 9.28. The van der Waals surface area contributed by atoms with Gasteiger partial charge < -0.3 is 11.1 Å². The van der Waals surface area contributed by atoms with E-state index in [1.807, 2.05) is 12.1 Å². The molecule has 0 aliphatic heterocycles. The average Bonchev–Trinajstić information content (AvgIpc) is 2.35. The standard InChI is InChI=1S/C13H10BrClN2O/c14-8-4-6-9(7-5-8)17-13(18)10-2-1-3-11(15)12(10)16/h1-7H,16H2,(H,17,18). The minimum absolute atomic E-state index is 0.280. The molecule has 0 unspecified atom stereocenters. The summed E-state index contributed by atoms with van der Waals surface area (Å²) in [7, 11) is 0. The number of nitrogen functional groups attached to an aromatic ring is 1. The van der Waals surface area contributed by atoms with Gasteiger partial charge in [0.05, 0.1) is 16.3 Å². The summed E-state index contributed by atoms with van der Waals surface area (Å²) >= 11 is 9.20. The maximum absolute atomic E-state index is 12.0. The highest BCUT2D eigenvalue weighted by molar-refractivity contribution is 9.10. The Balaban J connectivity index is 2.22. The topological polar surface area (TPSA) is 55.1 Å². The highest BCUT2D eigenvalue weighted by atomic mass is 79.9. The van der Waals surface area contributed by atoms with Crippen LogP contribution in [0.5, 0.6) is 0 Å². The fourth-order valence-corrected chi connectivity index (χ4v) is 1.91. The van der Waals surface area contributed by atoms with Gasteiger partial charge in [0.2, 0.25) is 0 Å². The summed E-state index contributed by atoms with van der Waals surface area (Å²) in [4.78, 5) is 12.0. The third-order valence-electron chi connectivity index (χ3n) is 2.40. The van der Waals surface area contributed by atoms with Crippen molar-refractivity contribution in [2.24, 2.45) is 0 Å². The van der Waals surface area contributed by atoms with Crippen LogP contribution in [0.3, 0.4) is 0 Å². The fourth-order valence-electron chi connectivity index (χ4n) is 1.47.